The highest BCUT2D eigenvalue weighted by Gasteiger charge is 2.32. The van der Waals surface area contributed by atoms with Gasteiger partial charge in [0.2, 0.25) is 11.8 Å². The first kappa shape index (κ1) is 25.0. The molecule has 0 aliphatic rings. The number of nitrogens with one attached hydrogen (secondary N) is 1. The number of benzene rings is 3. The van der Waals surface area contributed by atoms with Crippen molar-refractivity contribution >= 4 is 27.5 Å². The van der Waals surface area contributed by atoms with E-state index >= 15 is 0 Å². The van der Waals surface area contributed by atoms with Crippen molar-refractivity contribution in [3.8, 4) is 0 Å². The Labute approximate surface area is 201 Å². The zero-order valence-corrected chi connectivity index (χ0v) is 20.3. The maximum Gasteiger partial charge on any atom is 0.264 e. The first-order valence-electron chi connectivity index (χ1n) is 10.9. The van der Waals surface area contributed by atoms with Gasteiger partial charge >= 0.3 is 0 Å². The summed E-state index contributed by atoms with van der Waals surface area (Å²) in [6.07, 6.45) is 0. The molecule has 1 atom stereocenters. The second kappa shape index (κ2) is 11.0. The Bertz CT molecular complexity index is 1230. The molecule has 0 heterocycles. The van der Waals surface area contributed by atoms with Crippen LogP contribution in [0.1, 0.15) is 18.1 Å². The second-order valence-corrected chi connectivity index (χ2v) is 9.82. The predicted octanol–water partition coefficient (Wildman–Crippen LogP) is 3.35. The number of likely N-dealkylation sites (N-methyl/N-ethyl adjacent to an activating group) is 1. The molecule has 0 aliphatic heterocycles. The van der Waals surface area contributed by atoms with Crippen molar-refractivity contribution in [2.75, 3.05) is 17.9 Å². The minimum Gasteiger partial charge on any atom is -0.357 e. The van der Waals surface area contributed by atoms with E-state index < -0.39 is 28.5 Å². The number of nitrogens with zero attached hydrogens (tertiary/aromatic N) is 2. The zero-order valence-electron chi connectivity index (χ0n) is 19.5. The van der Waals surface area contributed by atoms with Gasteiger partial charge in [-0.15, -0.1) is 0 Å². The molecular weight excluding hydrogens is 450 g/mol. The predicted molar refractivity (Wildman–Crippen MR) is 133 cm³/mol. The van der Waals surface area contributed by atoms with Gasteiger partial charge in [0.05, 0.1) is 10.6 Å². The van der Waals surface area contributed by atoms with Crippen molar-refractivity contribution in [2.24, 2.45) is 0 Å². The average Bonchev–Trinajstić information content (AvgIpc) is 2.85. The number of aryl methyl sites for hydroxylation is 1. The van der Waals surface area contributed by atoms with Gasteiger partial charge in [0, 0.05) is 13.6 Å². The first-order valence-corrected chi connectivity index (χ1v) is 12.4. The molecular formula is C26H29N3O4S. The molecule has 0 aliphatic carbocycles. The average molecular weight is 480 g/mol. The fourth-order valence-corrected chi connectivity index (χ4v) is 5.03. The third-order valence-corrected chi connectivity index (χ3v) is 7.30. The van der Waals surface area contributed by atoms with E-state index in [1.54, 1.807) is 43.3 Å². The van der Waals surface area contributed by atoms with E-state index in [4.69, 9.17) is 0 Å². The minimum absolute atomic E-state index is 0.0817. The third-order valence-electron chi connectivity index (χ3n) is 5.51. The highest BCUT2D eigenvalue weighted by Crippen LogP contribution is 2.25. The van der Waals surface area contributed by atoms with Crippen LogP contribution in [0, 0.1) is 6.92 Å². The number of rotatable bonds is 9. The van der Waals surface area contributed by atoms with Gasteiger partial charge in [-0.25, -0.2) is 8.42 Å². The maximum absolute atomic E-state index is 13.6. The Balaban J connectivity index is 2.01. The summed E-state index contributed by atoms with van der Waals surface area (Å²) in [6.45, 7) is 3.20. The molecule has 2 amide bonds. The Morgan fingerprint density at radius 1 is 0.912 bits per heavy atom. The number of sulfonamides is 1. The molecule has 0 radical (unpaired) electrons. The van der Waals surface area contributed by atoms with Crippen molar-refractivity contribution in [1.82, 2.24) is 10.2 Å². The van der Waals surface area contributed by atoms with E-state index in [9.17, 15) is 18.0 Å². The van der Waals surface area contributed by atoms with Crippen LogP contribution >= 0.6 is 0 Å². The number of carbonyl (C=O) groups excluding carboxylic acids is 2. The van der Waals surface area contributed by atoms with Gasteiger partial charge < -0.3 is 10.2 Å². The molecule has 0 fully saturated rings. The zero-order chi connectivity index (χ0) is 24.7. The highest BCUT2D eigenvalue weighted by atomic mass is 32.2. The fraction of sp³-hybridized carbons (Fsp3) is 0.231. The standard InChI is InChI=1S/C26H29N3O4S/c1-20-11-10-14-23(17-20)29(34(32,33)24-15-8-5-9-16-24)19-25(30)28(21(2)26(31)27-3)18-22-12-6-4-7-13-22/h4-17,21H,18-19H2,1-3H3,(H,27,31). The maximum atomic E-state index is 13.6. The lowest BCUT2D eigenvalue weighted by atomic mass is 10.1. The van der Waals surface area contributed by atoms with Crippen molar-refractivity contribution < 1.29 is 18.0 Å². The van der Waals surface area contributed by atoms with Crippen LogP contribution in [0.15, 0.2) is 89.8 Å². The Morgan fingerprint density at radius 3 is 2.12 bits per heavy atom. The van der Waals surface area contributed by atoms with E-state index in [0.29, 0.717) is 5.69 Å². The smallest absolute Gasteiger partial charge is 0.264 e. The Kier molecular flexibility index (Phi) is 8.07. The minimum atomic E-state index is -4.04. The molecule has 3 aromatic carbocycles. The highest BCUT2D eigenvalue weighted by molar-refractivity contribution is 7.92. The number of hydrogen-bond donors (Lipinski definition) is 1. The molecule has 3 rings (SSSR count). The topological polar surface area (TPSA) is 86.8 Å². The molecule has 0 saturated carbocycles. The number of carbonyl (C=O) groups is 2. The van der Waals surface area contributed by atoms with Gasteiger partial charge in [-0.1, -0.05) is 60.7 Å². The van der Waals surface area contributed by atoms with Crippen LogP contribution in [0.2, 0.25) is 0 Å². The normalized spacial score (nSPS) is 12.0. The molecule has 34 heavy (non-hydrogen) atoms. The molecule has 8 heteroatoms. The molecule has 0 saturated heterocycles. The van der Waals surface area contributed by atoms with Crippen molar-refractivity contribution in [3.05, 3.63) is 96.1 Å². The summed E-state index contributed by atoms with van der Waals surface area (Å²) < 4.78 is 28.3. The van der Waals surface area contributed by atoms with E-state index in [1.165, 1.54) is 24.1 Å². The second-order valence-electron chi connectivity index (χ2n) is 7.96. The van der Waals surface area contributed by atoms with Gasteiger partial charge in [-0.3, -0.25) is 13.9 Å². The number of anilines is 1. The fourth-order valence-electron chi connectivity index (χ4n) is 3.60. The van der Waals surface area contributed by atoms with E-state index in [1.807, 2.05) is 43.3 Å². The molecule has 0 bridgehead atoms. The van der Waals surface area contributed by atoms with E-state index in [-0.39, 0.29) is 17.3 Å². The summed E-state index contributed by atoms with van der Waals surface area (Å²) in [5, 5.41) is 2.57. The largest absolute Gasteiger partial charge is 0.357 e. The van der Waals surface area contributed by atoms with Crippen LogP contribution in [-0.4, -0.2) is 44.8 Å². The monoisotopic (exact) mass is 479 g/mol. The van der Waals surface area contributed by atoms with Crippen LogP contribution in [0.25, 0.3) is 0 Å². The summed E-state index contributed by atoms with van der Waals surface area (Å²) in [5.41, 5.74) is 2.07. The first-order chi connectivity index (χ1) is 16.2. The van der Waals surface area contributed by atoms with E-state index in [2.05, 4.69) is 5.32 Å². The molecule has 0 aromatic heterocycles. The van der Waals surface area contributed by atoms with Gasteiger partial charge in [-0.05, 0) is 49.2 Å². The summed E-state index contributed by atoms with van der Waals surface area (Å²) in [7, 11) is -2.54. The third kappa shape index (κ3) is 5.82. The van der Waals surface area contributed by atoms with Crippen LogP contribution in [0.3, 0.4) is 0 Å². The van der Waals surface area contributed by atoms with E-state index in [0.717, 1.165) is 15.4 Å². The summed E-state index contributed by atoms with van der Waals surface area (Å²) in [4.78, 5) is 27.5. The molecule has 178 valence electrons. The summed E-state index contributed by atoms with van der Waals surface area (Å²) >= 11 is 0. The SMILES string of the molecule is CNC(=O)C(C)N(Cc1ccccc1)C(=O)CN(c1cccc(C)c1)S(=O)(=O)c1ccccc1. The molecule has 3 aromatic rings. The Hall–Kier alpha value is -3.65. The lowest BCUT2D eigenvalue weighted by Gasteiger charge is -2.31. The molecule has 7 nitrogen and oxygen atoms in total. The lowest BCUT2D eigenvalue weighted by Crippen LogP contribution is -2.50. The van der Waals surface area contributed by atoms with Crippen molar-refractivity contribution in [1.29, 1.82) is 0 Å². The Morgan fingerprint density at radius 2 is 1.53 bits per heavy atom. The summed E-state index contributed by atoms with van der Waals surface area (Å²) in [5.74, 6) is -0.821. The van der Waals surface area contributed by atoms with Gasteiger partial charge in [-0.2, -0.15) is 0 Å². The van der Waals surface area contributed by atoms with Gasteiger partial charge in [0.1, 0.15) is 12.6 Å². The van der Waals surface area contributed by atoms with Crippen LogP contribution in [0.4, 0.5) is 5.69 Å². The number of amides is 2. The van der Waals surface area contributed by atoms with Crippen LogP contribution in [-0.2, 0) is 26.2 Å². The van der Waals surface area contributed by atoms with Crippen molar-refractivity contribution in [3.63, 3.8) is 0 Å². The number of hydrogen-bond acceptors (Lipinski definition) is 4. The molecule has 0 spiro atoms. The van der Waals surface area contributed by atoms with Gasteiger partial charge in [0.15, 0.2) is 0 Å². The van der Waals surface area contributed by atoms with Crippen LogP contribution < -0.4 is 9.62 Å². The summed E-state index contributed by atoms with van der Waals surface area (Å²) in [6, 6.07) is 23.5. The quantitative estimate of drug-likeness (QED) is 0.510. The van der Waals surface area contributed by atoms with Gasteiger partial charge in [0.25, 0.3) is 10.0 Å². The molecule has 1 unspecified atom stereocenters. The van der Waals surface area contributed by atoms with Crippen LogP contribution in [0.5, 0.6) is 0 Å². The van der Waals surface area contributed by atoms with Crippen molar-refractivity contribution in [2.45, 2.75) is 31.3 Å². The lowest BCUT2D eigenvalue weighted by molar-refractivity contribution is -0.139. The molecule has 1 N–H and O–H groups in total.